The Balaban J connectivity index is 1.87. The lowest BCUT2D eigenvalue weighted by atomic mass is 9.96. The van der Waals surface area contributed by atoms with E-state index in [1.165, 1.54) is 18.3 Å². The number of fused-ring (bicyclic) bond motifs is 1. The quantitative estimate of drug-likeness (QED) is 0.361. The van der Waals surface area contributed by atoms with E-state index in [1.54, 1.807) is 42.7 Å². The monoisotopic (exact) mass is 506 g/mol. The molecule has 1 aromatic heterocycles. The van der Waals surface area contributed by atoms with Crippen LogP contribution in [0.25, 0.3) is 6.08 Å². The van der Waals surface area contributed by atoms with Crippen LogP contribution in [0.2, 0.25) is 0 Å². The molecule has 0 aliphatic carbocycles. The maximum Gasteiger partial charge on any atom is 0.338 e. The first-order valence-electron chi connectivity index (χ1n) is 11.5. The predicted molar refractivity (Wildman–Crippen MR) is 136 cm³/mol. The van der Waals surface area contributed by atoms with Crippen LogP contribution in [0.15, 0.2) is 69.6 Å². The van der Waals surface area contributed by atoms with E-state index in [2.05, 4.69) is 4.99 Å². The van der Waals surface area contributed by atoms with Crippen LogP contribution in [0.4, 0.5) is 0 Å². The van der Waals surface area contributed by atoms with E-state index in [1.807, 2.05) is 37.3 Å². The van der Waals surface area contributed by atoms with Crippen molar-refractivity contribution in [2.24, 2.45) is 4.99 Å². The van der Waals surface area contributed by atoms with Gasteiger partial charge in [0, 0.05) is 6.92 Å². The maximum absolute atomic E-state index is 13.7. The lowest BCUT2D eigenvalue weighted by molar-refractivity contribution is -0.139. The van der Waals surface area contributed by atoms with Crippen molar-refractivity contribution < 1.29 is 23.8 Å². The number of benzene rings is 2. The molecule has 3 aromatic rings. The molecule has 0 spiro atoms. The molecule has 0 bridgehead atoms. The first kappa shape index (κ1) is 25.1. The first-order valence-corrected chi connectivity index (χ1v) is 12.4. The number of hydrogen-bond acceptors (Lipinski definition) is 8. The van der Waals surface area contributed by atoms with Gasteiger partial charge in [-0.1, -0.05) is 47.7 Å². The normalized spacial score (nSPS) is 15.2. The number of aromatic nitrogens is 1. The van der Waals surface area contributed by atoms with Gasteiger partial charge in [-0.15, -0.1) is 0 Å². The van der Waals surface area contributed by atoms with Gasteiger partial charge in [0.15, 0.2) is 16.3 Å². The molecule has 0 saturated heterocycles. The Bertz CT molecular complexity index is 1520. The van der Waals surface area contributed by atoms with E-state index < -0.39 is 18.0 Å². The van der Waals surface area contributed by atoms with Crippen molar-refractivity contribution in [3.05, 3.63) is 90.6 Å². The molecule has 2 aromatic carbocycles. The molecule has 1 atom stereocenters. The number of thiazole rings is 1. The highest BCUT2D eigenvalue weighted by atomic mass is 32.1. The van der Waals surface area contributed by atoms with Gasteiger partial charge in [0.2, 0.25) is 0 Å². The molecule has 0 N–H and O–H groups in total. The summed E-state index contributed by atoms with van der Waals surface area (Å²) in [6.07, 6.45) is 1.73. The molecule has 36 heavy (non-hydrogen) atoms. The van der Waals surface area contributed by atoms with Crippen LogP contribution in [0.5, 0.6) is 11.5 Å². The van der Waals surface area contributed by atoms with Crippen LogP contribution in [-0.4, -0.2) is 29.7 Å². The molecular formula is C27H26N2O6S. The third-order valence-corrected chi connectivity index (χ3v) is 6.43. The summed E-state index contributed by atoms with van der Waals surface area (Å²) in [5.41, 5.74) is 2.05. The molecule has 4 rings (SSSR count). The highest BCUT2D eigenvalue weighted by Gasteiger charge is 2.33. The molecule has 0 amide bonds. The number of allylic oxidation sites excluding steroid dienone is 1. The van der Waals surface area contributed by atoms with Gasteiger partial charge in [-0.05, 0) is 50.1 Å². The van der Waals surface area contributed by atoms with Crippen LogP contribution in [0.1, 0.15) is 44.9 Å². The number of hydrogen-bond donors (Lipinski definition) is 0. The Morgan fingerprint density at radius 1 is 1.08 bits per heavy atom. The van der Waals surface area contributed by atoms with E-state index in [9.17, 15) is 14.4 Å². The molecular weight excluding hydrogens is 480 g/mol. The van der Waals surface area contributed by atoms with Gasteiger partial charge in [0.05, 0.1) is 35.1 Å². The summed E-state index contributed by atoms with van der Waals surface area (Å²) in [5, 5.41) is 0. The fourth-order valence-electron chi connectivity index (χ4n) is 4.02. The smallest absolute Gasteiger partial charge is 0.338 e. The molecule has 9 heteroatoms. The van der Waals surface area contributed by atoms with Gasteiger partial charge < -0.3 is 14.2 Å². The van der Waals surface area contributed by atoms with Gasteiger partial charge in [-0.3, -0.25) is 14.2 Å². The van der Waals surface area contributed by atoms with E-state index in [-0.39, 0.29) is 12.2 Å². The topological polar surface area (TPSA) is 96.2 Å². The zero-order valence-corrected chi connectivity index (χ0v) is 21.3. The van der Waals surface area contributed by atoms with Crippen LogP contribution >= 0.6 is 11.3 Å². The summed E-state index contributed by atoms with van der Waals surface area (Å²) >= 11 is 1.24. The Kier molecular flexibility index (Phi) is 7.49. The molecule has 8 nitrogen and oxygen atoms in total. The number of carbonyl (C=O) groups is 2. The van der Waals surface area contributed by atoms with Crippen molar-refractivity contribution in [3.63, 3.8) is 0 Å². The van der Waals surface area contributed by atoms with E-state index in [0.717, 1.165) is 5.56 Å². The Morgan fingerprint density at radius 3 is 2.50 bits per heavy atom. The lowest BCUT2D eigenvalue weighted by Crippen LogP contribution is -2.39. The largest absolute Gasteiger partial charge is 0.490 e. The number of carbonyl (C=O) groups excluding carboxylic acids is 2. The summed E-state index contributed by atoms with van der Waals surface area (Å²) in [7, 11) is 0. The fourth-order valence-corrected chi connectivity index (χ4v) is 5.06. The second kappa shape index (κ2) is 10.7. The van der Waals surface area contributed by atoms with Crippen molar-refractivity contribution in [1.29, 1.82) is 0 Å². The molecule has 1 aliphatic rings. The van der Waals surface area contributed by atoms with Crippen molar-refractivity contribution in [3.8, 4) is 11.5 Å². The van der Waals surface area contributed by atoms with Gasteiger partial charge in [-0.25, -0.2) is 9.79 Å². The Hall–Kier alpha value is -3.98. The summed E-state index contributed by atoms with van der Waals surface area (Å²) in [6.45, 7) is 7.24. The number of esters is 2. The summed E-state index contributed by atoms with van der Waals surface area (Å²) in [4.78, 5) is 43.1. The lowest BCUT2D eigenvalue weighted by Gasteiger charge is -2.24. The van der Waals surface area contributed by atoms with Gasteiger partial charge >= 0.3 is 11.9 Å². The predicted octanol–water partition coefficient (Wildman–Crippen LogP) is 3.12. The zero-order chi connectivity index (χ0) is 25.8. The Morgan fingerprint density at radius 2 is 1.83 bits per heavy atom. The molecule has 0 saturated carbocycles. The minimum absolute atomic E-state index is 0.215. The second-order valence-electron chi connectivity index (χ2n) is 7.95. The standard InChI is InChI=1S/C27H26N2O6S/c1-5-33-21-14-18(12-13-20(21)35-17(4)30)15-22-25(31)29-24(19-10-8-7-9-11-19)23(26(32)34-6-2)16(3)28-27(29)36-22/h7-15,24H,5-6H2,1-4H3/b22-15+/t24-/m0/s1. The summed E-state index contributed by atoms with van der Waals surface area (Å²) in [5.74, 6) is -0.242. The van der Waals surface area contributed by atoms with Crippen LogP contribution in [0, 0.1) is 0 Å². The molecule has 1 aliphatic heterocycles. The average molecular weight is 507 g/mol. The molecule has 0 unspecified atom stereocenters. The van der Waals surface area contributed by atoms with Crippen molar-refractivity contribution in [2.75, 3.05) is 13.2 Å². The number of ether oxygens (including phenoxy) is 3. The molecule has 0 radical (unpaired) electrons. The van der Waals surface area contributed by atoms with Crippen molar-refractivity contribution >= 4 is 29.4 Å². The van der Waals surface area contributed by atoms with E-state index in [4.69, 9.17) is 14.2 Å². The third-order valence-electron chi connectivity index (χ3n) is 5.45. The average Bonchev–Trinajstić information content (AvgIpc) is 3.14. The summed E-state index contributed by atoms with van der Waals surface area (Å²) in [6, 6.07) is 13.8. The van der Waals surface area contributed by atoms with Gasteiger partial charge in [-0.2, -0.15) is 0 Å². The number of nitrogens with zero attached hydrogens (tertiary/aromatic N) is 2. The highest BCUT2D eigenvalue weighted by Crippen LogP contribution is 2.31. The van der Waals surface area contributed by atoms with E-state index >= 15 is 0 Å². The zero-order valence-electron chi connectivity index (χ0n) is 20.4. The fraction of sp³-hybridized carbons (Fsp3) is 0.259. The molecule has 0 fully saturated rings. The van der Waals surface area contributed by atoms with Gasteiger partial charge in [0.1, 0.15) is 0 Å². The Labute approximate surface area is 211 Å². The van der Waals surface area contributed by atoms with Crippen LogP contribution < -0.4 is 24.4 Å². The van der Waals surface area contributed by atoms with Crippen LogP contribution in [0.3, 0.4) is 0 Å². The molecule has 186 valence electrons. The SMILES string of the molecule is CCOC(=O)C1=C(C)N=c2s/c(=C/c3ccc(OC(C)=O)c(OCC)c3)c(=O)n2[C@H]1c1ccccc1. The van der Waals surface area contributed by atoms with Crippen molar-refractivity contribution in [2.45, 2.75) is 33.7 Å². The van der Waals surface area contributed by atoms with Crippen LogP contribution in [-0.2, 0) is 14.3 Å². The first-order chi connectivity index (χ1) is 17.3. The van der Waals surface area contributed by atoms with E-state index in [0.29, 0.717) is 44.3 Å². The van der Waals surface area contributed by atoms with Crippen molar-refractivity contribution in [1.82, 2.24) is 4.57 Å². The maximum atomic E-state index is 13.7. The van der Waals surface area contributed by atoms with Gasteiger partial charge in [0.25, 0.3) is 5.56 Å². The third kappa shape index (κ3) is 5.01. The molecule has 2 heterocycles. The second-order valence-corrected chi connectivity index (χ2v) is 8.95. The minimum Gasteiger partial charge on any atom is -0.490 e. The number of rotatable bonds is 7. The minimum atomic E-state index is -0.658. The highest BCUT2D eigenvalue weighted by molar-refractivity contribution is 7.07. The summed E-state index contributed by atoms with van der Waals surface area (Å²) < 4.78 is 18.1.